The molecule has 0 spiro atoms. The Labute approximate surface area is 260 Å². The van der Waals surface area contributed by atoms with E-state index in [-0.39, 0.29) is 60.2 Å². The number of rotatable bonds is 17. The zero-order valence-electron chi connectivity index (χ0n) is 28.0. The summed E-state index contributed by atoms with van der Waals surface area (Å²) >= 11 is 0. The molecule has 1 aromatic rings. The fourth-order valence-electron chi connectivity index (χ4n) is 6.32. The van der Waals surface area contributed by atoms with Crippen LogP contribution in [0.15, 0.2) is 42.6 Å². The summed E-state index contributed by atoms with van der Waals surface area (Å²) in [5.74, 6) is -0.171. The van der Waals surface area contributed by atoms with Gasteiger partial charge in [-0.25, -0.2) is 0 Å². The SMILES string of the molecule is C=C(N[C@H](C)[C@@H](O)c1ccccc1)[C@H](C)[C@@H](OC)[C@@H]1CCCN1C(=O)C[C@@H](OC)[C@H]([C@@H](C)CC)N(C)C(=O)C(N)C(C)C. The number of likely N-dealkylation sites (N-methyl/N-ethyl adjacent to an activating group) is 1. The monoisotopic (exact) mass is 602 g/mol. The first-order valence-corrected chi connectivity index (χ1v) is 15.9. The van der Waals surface area contributed by atoms with Crippen molar-refractivity contribution in [2.24, 2.45) is 23.5 Å². The van der Waals surface area contributed by atoms with E-state index >= 15 is 0 Å². The van der Waals surface area contributed by atoms with E-state index in [2.05, 4.69) is 25.7 Å². The topological polar surface area (TPSA) is 117 Å². The van der Waals surface area contributed by atoms with Crippen molar-refractivity contribution >= 4 is 11.8 Å². The molecule has 244 valence electrons. The summed E-state index contributed by atoms with van der Waals surface area (Å²) in [6, 6.07) is 8.24. The van der Waals surface area contributed by atoms with E-state index in [1.54, 1.807) is 26.2 Å². The Balaban J connectivity index is 2.17. The molecule has 1 unspecified atom stereocenters. The molecule has 1 fully saturated rings. The van der Waals surface area contributed by atoms with Crippen LogP contribution in [0.3, 0.4) is 0 Å². The number of likely N-dealkylation sites (tertiary alicyclic amines) is 1. The fraction of sp³-hybridized carbons (Fsp3) is 0.706. The van der Waals surface area contributed by atoms with Crippen molar-refractivity contribution in [1.82, 2.24) is 15.1 Å². The number of carbonyl (C=O) groups excluding carboxylic acids is 2. The molecular formula is C34H58N4O5. The van der Waals surface area contributed by atoms with Gasteiger partial charge in [0.15, 0.2) is 0 Å². The number of hydrogen-bond donors (Lipinski definition) is 3. The highest BCUT2D eigenvalue weighted by molar-refractivity contribution is 5.82. The Morgan fingerprint density at radius 2 is 1.77 bits per heavy atom. The first kappa shape index (κ1) is 36.7. The average molecular weight is 603 g/mol. The van der Waals surface area contributed by atoms with Crippen molar-refractivity contribution in [2.45, 2.75) is 110 Å². The van der Waals surface area contributed by atoms with Gasteiger partial charge in [0.05, 0.1) is 48.9 Å². The minimum absolute atomic E-state index is 0.00214. The number of nitrogens with zero attached hydrogens (tertiary/aromatic N) is 2. The first-order valence-electron chi connectivity index (χ1n) is 15.9. The number of carbonyl (C=O) groups is 2. The van der Waals surface area contributed by atoms with Crippen LogP contribution >= 0.6 is 0 Å². The second kappa shape index (κ2) is 17.1. The van der Waals surface area contributed by atoms with Crippen molar-refractivity contribution in [1.29, 1.82) is 0 Å². The Morgan fingerprint density at radius 1 is 1.14 bits per heavy atom. The third-order valence-electron chi connectivity index (χ3n) is 9.43. The molecule has 1 aromatic carbocycles. The van der Waals surface area contributed by atoms with Crippen LogP contribution in [0.1, 0.15) is 78.9 Å². The second-order valence-electron chi connectivity index (χ2n) is 12.7. The quantitative estimate of drug-likeness (QED) is 0.246. The lowest BCUT2D eigenvalue weighted by molar-refractivity contribution is -0.145. The highest BCUT2D eigenvalue weighted by Crippen LogP contribution is 2.31. The number of hydrogen-bond acceptors (Lipinski definition) is 7. The molecule has 2 amide bonds. The number of ether oxygens (including phenoxy) is 2. The number of aliphatic hydroxyl groups excluding tert-OH is 1. The van der Waals surface area contributed by atoms with Gasteiger partial charge in [-0.1, -0.05) is 78.0 Å². The molecule has 0 radical (unpaired) electrons. The van der Waals surface area contributed by atoms with Gasteiger partial charge >= 0.3 is 0 Å². The van der Waals surface area contributed by atoms with Crippen molar-refractivity contribution in [3.8, 4) is 0 Å². The molecule has 1 aliphatic rings. The van der Waals surface area contributed by atoms with E-state index in [0.717, 1.165) is 30.5 Å². The molecule has 2 rings (SSSR count). The Kier molecular flexibility index (Phi) is 14.6. The number of benzene rings is 1. The highest BCUT2D eigenvalue weighted by atomic mass is 16.5. The molecule has 0 aliphatic carbocycles. The fourth-order valence-corrected chi connectivity index (χ4v) is 6.32. The van der Waals surface area contributed by atoms with E-state index in [4.69, 9.17) is 15.2 Å². The summed E-state index contributed by atoms with van der Waals surface area (Å²) in [5.41, 5.74) is 7.82. The number of aliphatic hydroxyl groups is 1. The molecule has 43 heavy (non-hydrogen) atoms. The third kappa shape index (κ3) is 9.27. The van der Waals surface area contributed by atoms with E-state index < -0.39 is 18.2 Å². The number of methoxy groups -OCH3 is 2. The highest BCUT2D eigenvalue weighted by Gasteiger charge is 2.41. The molecular weight excluding hydrogens is 544 g/mol. The average Bonchev–Trinajstić information content (AvgIpc) is 3.49. The van der Waals surface area contributed by atoms with Gasteiger partial charge in [0, 0.05) is 39.4 Å². The van der Waals surface area contributed by atoms with Crippen LogP contribution in [-0.2, 0) is 19.1 Å². The number of amides is 2. The minimum Gasteiger partial charge on any atom is -0.386 e. The van der Waals surface area contributed by atoms with Gasteiger partial charge in [-0.05, 0) is 37.2 Å². The minimum atomic E-state index is -0.694. The Bertz CT molecular complexity index is 1020. The molecule has 9 heteroatoms. The van der Waals surface area contributed by atoms with Crippen LogP contribution in [0.2, 0.25) is 0 Å². The van der Waals surface area contributed by atoms with Crippen LogP contribution in [0, 0.1) is 17.8 Å². The van der Waals surface area contributed by atoms with Crippen LogP contribution in [0.25, 0.3) is 0 Å². The lowest BCUT2D eigenvalue weighted by atomic mass is 9.89. The summed E-state index contributed by atoms with van der Waals surface area (Å²) < 4.78 is 11.9. The van der Waals surface area contributed by atoms with Gasteiger partial charge in [-0.15, -0.1) is 0 Å². The molecule has 4 N–H and O–H groups in total. The first-order chi connectivity index (χ1) is 20.3. The maximum atomic E-state index is 13.9. The molecule has 0 bridgehead atoms. The summed E-state index contributed by atoms with van der Waals surface area (Å²) in [4.78, 5) is 30.7. The second-order valence-corrected chi connectivity index (χ2v) is 12.7. The Morgan fingerprint density at radius 3 is 2.30 bits per heavy atom. The summed E-state index contributed by atoms with van der Waals surface area (Å²) in [6.45, 7) is 16.9. The van der Waals surface area contributed by atoms with Gasteiger partial charge in [0.2, 0.25) is 11.8 Å². The predicted molar refractivity (Wildman–Crippen MR) is 172 cm³/mol. The number of nitrogens with two attached hydrogens (primary N) is 1. The van der Waals surface area contributed by atoms with Crippen molar-refractivity contribution in [3.05, 3.63) is 48.2 Å². The molecule has 0 aromatic heterocycles. The predicted octanol–water partition coefficient (Wildman–Crippen LogP) is 4.12. The van der Waals surface area contributed by atoms with Crippen LogP contribution < -0.4 is 11.1 Å². The molecule has 1 aliphatic heterocycles. The number of nitrogens with one attached hydrogen (secondary N) is 1. The van der Waals surface area contributed by atoms with Crippen LogP contribution in [-0.4, -0.2) is 90.9 Å². The maximum Gasteiger partial charge on any atom is 0.239 e. The largest absolute Gasteiger partial charge is 0.386 e. The third-order valence-corrected chi connectivity index (χ3v) is 9.43. The van der Waals surface area contributed by atoms with E-state index in [0.29, 0.717) is 6.54 Å². The lowest BCUT2D eigenvalue weighted by Crippen LogP contribution is -2.56. The van der Waals surface area contributed by atoms with Gasteiger partial charge in [0.1, 0.15) is 0 Å². The normalized spacial score (nSPS) is 20.9. The zero-order valence-corrected chi connectivity index (χ0v) is 28.0. The summed E-state index contributed by atoms with van der Waals surface area (Å²) in [6.07, 6.45) is 1.22. The Hall–Kier alpha value is -2.46. The molecule has 1 saturated heterocycles. The molecule has 0 saturated carbocycles. The molecule has 1 heterocycles. The smallest absolute Gasteiger partial charge is 0.239 e. The molecule has 9 atom stereocenters. The summed E-state index contributed by atoms with van der Waals surface area (Å²) in [5, 5.41) is 14.2. The van der Waals surface area contributed by atoms with Gasteiger partial charge in [-0.2, -0.15) is 0 Å². The van der Waals surface area contributed by atoms with Crippen LogP contribution in [0.4, 0.5) is 0 Å². The summed E-state index contributed by atoms with van der Waals surface area (Å²) in [7, 11) is 5.05. The maximum absolute atomic E-state index is 13.9. The van der Waals surface area contributed by atoms with Gasteiger partial charge in [-0.3, -0.25) is 9.59 Å². The van der Waals surface area contributed by atoms with Crippen molar-refractivity contribution in [2.75, 3.05) is 27.8 Å². The van der Waals surface area contributed by atoms with Gasteiger partial charge < -0.3 is 35.4 Å². The van der Waals surface area contributed by atoms with E-state index in [9.17, 15) is 14.7 Å². The lowest BCUT2D eigenvalue weighted by Gasteiger charge is -2.40. The van der Waals surface area contributed by atoms with Crippen molar-refractivity contribution < 1.29 is 24.2 Å². The van der Waals surface area contributed by atoms with Crippen molar-refractivity contribution in [3.63, 3.8) is 0 Å². The zero-order chi connectivity index (χ0) is 32.4. The van der Waals surface area contributed by atoms with Crippen LogP contribution in [0.5, 0.6) is 0 Å². The standard InChI is InChI=1S/C34H58N4O5/c1-11-22(4)31(37(8)34(41)30(35)21(2)3)28(42-9)20-29(39)38-19-15-18-27(38)33(43-10)23(5)24(6)36-25(7)32(40)26-16-13-12-14-17-26/h12-14,16-17,21-23,25,27-28,30-33,36,40H,6,11,15,18-20,35H2,1-5,7-10H3/t22-,23-,25+,27-,28+,30?,31-,32+,33+/m0/s1. The van der Waals surface area contributed by atoms with Gasteiger partial charge in [0.25, 0.3) is 0 Å². The van der Waals surface area contributed by atoms with E-state index in [1.807, 2.05) is 62.9 Å². The van der Waals surface area contributed by atoms with E-state index in [1.165, 1.54) is 0 Å². The molecule has 9 nitrogen and oxygen atoms in total.